The van der Waals surface area contributed by atoms with E-state index >= 15 is 0 Å². The summed E-state index contributed by atoms with van der Waals surface area (Å²) in [5, 5.41) is 0. The van der Waals surface area contributed by atoms with E-state index in [1.54, 1.807) is 6.21 Å². The maximum absolute atomic E-state index is 12.1. The number of likely N-dealkylation sites (tertiary alicyclic amines) is 1. The predicted octanol–water partition coefficient (Wildman–Crippen LogP) is 0.853. The molecule has 0 unspecified atom stereocenters. The number of carbonyl (C=O) groups excluding carboxylic acids is 1. The number of allylic oxidation sites excluding steroid dienone is 1. The SMILES string of the molecule is CC(C)(C)C(=O)N1CCC(N=C/C(N)=C\N)CC1. The van der Waals surface area contributed by atoms with Gasteiger partial charge in [-0.15, -0.1) is 0 Å². The number of piperidine rings is 1. The molecule has 0 aromatic rings. The second kappa shape index (κ2) is 5.89. The molecule has 1 rings (SSSR count). The Balaban J connectivity index is 2.47. The fraction of sp³-hybridized carbons (Fsp3) is 0.692. The second-order valence-corrected chi connectivity index (χ2v) is 5.72. The van der Waals surface area contributed by atoms with E-state index in [1.807, 2.05) is 25.7 Å². The van der Waals surface area contributed by atoms with E-state index in [0.717, 1.165) is 25.9 Å². The van der Waals surface area contributed by atoms with Crippen molar-refractivity contribution in [1.29, 1.82) is 0 Å². The molecule has 0 bridgehead atoms. The molecule has 0 radical (unpaired) electrons. The molecule has 1 aliphatic heterocycles. The summed E-state index contributed by atoms with van der Waals surface area (Å²) < 4.78 is 0. The van der Waals surface area contributed by atoms with Gasteiger partial charge in [0.2, 0.25) is 5.91 Å². The summed E-state index contributed by atoms with van der Waals surface area (Å²) in [4.78, 5) is 18.4. The molecule has 1 saturated heterocycles. The number of nitrogens with zero attached hydrogens (tertiary/aromatic N) is 2. The number of amides is 1. The molecule has 0 atom stereocenters. The minimum atomic E-state index is -0.303. The lowest BCUT2D eigenvalue weighted by Gasteiger charge is -2.34. The molecule has 1 heterocycles. The Hall–Kier alpha value is -1.52. The Bertz CT molecular complexity index is 346. The van der Waals surface area contributed by atoms with Crippen LogP contribution in [0, 0.1) is 5.41 Å². The summed E-state index contributed by atoms with van der Waals surface area (Å²) in [6, 6.07) is 0.243. The first-order chi connectivity index (χ1) is 8.34. The highest BCUT2D eigenvalue weighted by Crippen LogP contribution is 2.21. The Morgan fingerprint density at radius 1 is 1.33 bits per heavy atom. The summed E-state index contributed by atoms with van der Waals surface area (Å²) in [7, 11) is 0. The van der Waals surface area contributed by atoms with Crippen LogP contribution in [-0.4, -0.2) is 36.2 Å². The fourth-order valence-electron chi connectivity index (χ4n) is 1.93. The average Bonchev–Trinajstić information content (AvgIpc) is 2.34. The van der Waals surface area contributed by atoms with Crippen molar-refractivity contribution < 1.29 is 4.79 Å². The van der Waals surface area contributed by atoms with Gasteiger partial charge in [-0.05, 0) is 12.8 Å². The molecule has 4 N–H and O–H groups in total. The Morgan fingerprint density at radius 2 is 1.89 bits per heavy atom. The van der Waals surface area contributed by atoms with Crippen molar-refractivity contribution in [3.8, 4) is 0 Å². The van der Waals surface area contributed by atoms with Crippen LogP contribution in [0.15, 0.2) is 16.9 Å². The third-order valence-corrected chi connectivity index (χ3v) is 3.02. The van der Waals surface area contributed by atoms with E-state index in [1.165, 1.54) is 6.20 Å². The van der Waals surface area contributed by atoms with Crippen LogP contribution in [0.2, 0.25) is 0 Å². The van der Waals surface area contributed by atoms with Crippen molar-refractivity contribution in [2.45, 2.75) is 39.7 Å². The zero-order valence-electron chi connectivity index (χ0n) is 11.5. The molecule has 0 aliphatic carbocycles. The Labute approximate surface area is 109 Å². The molecular weight excluding hydrogens is 228 g/mol. The van der Waals surface area contributed by atoms with E-state index in [9.17, 15) is 4.79 Å². The number of hydrogen-bond donors (Lipinski definition) is 2. The molecule has 0 aromatic heterocycles. The van der Waals surface area contributed by atoms with Crippen molar-refractivity contribution in [3.05, 3.63) is 11.9 Å². The van der Waals surface area contributed by atoms with Crippen molar-refractivity contribution >= 4 is 12.1 Å². The number of carbonyl (C=O) groups is 1. The number of nitrogens with two attached hydrogens (primary N) is 2. The number of rotatable bonds is 2. The maximum Gasteiger partial charge on any atom is 0.227 e. The van der Waals surface area contributed by atoms with E-state index in [0.29, 0.717) is 5.70 Å². The predicted molar refractivity (Wildman–Crippen MR) is 74.0 cm³/mol. The largest absolute Gasteiger partial charge is 0.403 e. The van der Waals surface area contributed by atoms with E-state index in [4.69, 9.17) is 11.5 Å². The van der Waals surface area contributed by atoms with Crippen LogP contribution in [-0.2, 0) is 4.79 Å². The normalized spacial score (nSPS) is 19.5. The van der Waals surface area contributed by atoms with Crippen molar-refractivity contribution in [2.75, 3.05) is 13.1 Å². The third kappa shape index (κ3) is 4.05. The summed E-state index contributed by atoms with van der Waals surface area (Å²) in [5.74, 6) is 0.214. The highest BCUT2D eigenvalue weighted by molar-refractivity contribution is 5.81. The minimum absolute atomic E-state index is 0.214. The number of hydrogen-bond acceptors (Lipinski definition) is 4. The topological polar surface area (TPSA) is 84.7 Å². The zero-order chi connectivity index (χ0) is 13.8. The van der Waals surface area contributed by atoms with Gasteiger partial charge in [-0.2, -0.15) is 0 Å². The summed E-state index contributed by atoms with van der Waals surface area (Å²) in [6.45, 7) is 7.39. The maximum atomic E-state index is 12.1. The molecule has 0 saturated carbocycles. The summed E-state index contributed by atoms with van der Waals surface area (Å²) in [5.41, 5.74) is 11.0. The first-order valence-electron chi connectivity index (χ1n) is 6.34. The van der Waals surface area contributed by atoms with Crippen LogP contribution in [0.25, 0.3) is 0 Å². The highest BCUT2D eigenvalue weighted by atomic mass is 16.2. The molecule has 5 heteroatoms. The minimum Gasteiger partial charge on any atom is -0.403 e. The van der Waals surface area contributed by atoms with Gasteiger partial charge in [0, 0.05) is 30.9 Å². The first kappa shape index (κ1) is 14.5. The van der Waals surface area contributed by atoms with Gasteiger partial charge in [-0.3, -0.25) is 9.79 Å². The van der Waals surface area contributed by atoms with Crippen molar-refractivity contribution in [3.63, 3.8) is 0 Å². The first-order valence-corrected chi connectivity index (χ1v) is 6.34. The molecule has 0 aromatic carbocycles. The van der Waals surface area contributed by atoms with Gasteiger partial charge in [0.05, 0.1) is 11.7 Å². The lowest BCUT2D eigenvalue weighted by molar-refractivity contribution is -0.140. The van der Waals surface area contributed by atoms with Gasteiger partial charge >= 0.3 is 0 Å². The van der Waals surface area contributed by atoms with Gasteiger partial charge in [-0.1, -0.05) is 20.8 Å². The highest BCUT2D eigenvalue weighted by Gasteiger charge is 2.29. The summed E-state index contributed by atoms with van der Waals surface area (Å²) >= 11 is 0. The van der Waals surface area contributed by atoms with E-state index < -0.39 is 0 Å². The molecule has 0 spiro atoms. The molecule has 18 heavy (non-hydrogen) atoms. The Morgan fingerprint density at radius 3 is 2.33 bits per heavy atom. The van der Waals surface area contributed by atoms with Crippen molar-refractivity contribution in [1.82, 2.24) is 4.90 Å². The van der Waals surface area contributed by atoms with Crippen molar-refractivity contribution in [2.24, 2.45) is 21.9 Å². The lowest BCUT2D eigenvalue weighted by atomic mass is 9.93. The summed E-state index contributed by atoms with van der Waals surface area (Å²) in [6.07, 6.45) is 4.71. The van der Waals surface area contributed by atoms with Crippen LogP contribution in [0.5, 0.6) is 0 Å². The molecule has 1 fully saturated rings. The fourth-order valence-corrected chi connectivity index (χ4v) is 1.93. The quantitative estimate of drug-likeness (QED) is 0.715. The van der Waals surface area contributed by atoms with Gasteiger partial charge in [0.1, 0.15) is 0 Å². The van der Waals surface area contributed by atoms with E-state index in [2.05, 4.69) is 4.99 Å². The van der Waals surface area contributed by atoms with Crippen LogP contribution in [0.3, 0.4) is 0 Å². The lowest BCUT2D eigenvalue weighted by Crippen LogP contribution is -2.44. The molecular formula is C13H24N4O. The Kier molecular flexibility index (Phi) is 4.76. The third-order valence-electron chi connectivity index (χ3n) is 3.02. The van der Waals surface area contributed by atoms with E-state index in [-0.39, 0.29) is 17.4 Å². The van der Waals surface area contributed by atoms with Crippen LogP contribution >= 0.6 is 0 Å². The molecule has 102 valence electrons. The van der Waals surface area contributed by atoms with Crippen LogP contribution < -0.4 is 11.5 Å². The molecule has 1 amide bonds. The van der Waals surface area contributed by atoms with Gasteiger partial charge in [0.15, 0.2) is 0 Å². The second-order valence-electron chi connectivity index (χ2n) is 5.72. The van der Waals surface area contributed by atoms with Gasteiger partial charge in [0.25, 0.3) is 0 Å². The van der Waals surface area contributed by atoms with Gasteiger partial charge < -0.3 is 16.4 Å². The zero-order valence-corrected chi connectivity index (χ0v) is 11.5. The average molecular weight is 252 g/mol. The molecule has 1 aliphatic rings. The standard InChI is InChI=1S/C13H24N4O/c1-13(2,3)12(18)17-6-4-11(5-7-17)16-9-10(15)8-14/h8-9,11H,4-7,14-15H2,1-3H3/b10-8+,16-9?. The monoisotopic (exact) mass is 252 g/mol. The van der Waals surface area contributed by atoms with Gasteiger partial charge in [-0.25, -0.2) is 0 Å². The van der Waals surface area contributed by atoms with Crippen LogP contribution in [0.4, 0.5) is 0 Å². The number of aliphatic imine (C=N–C) groups is 1. The molecule has 5 nitrogen and oxygen atoms in total. The smallest absolute Gasteiger partial charge is 0.227 e. The van der Waals surface area contributed by atoms with Crippen LogP contribution in [0.1, 0.15) is 33.6 Å².